The minimum absolute atomic E-state index is 0.166. The topological polar surface area (TPSA) is 42.2 Å². The molecule has 0 N–H and O–H groups in total. The lowest BCUT2D eigenvalue weighted by molar-refractivity contribution is -0.0111. The van der Waals surface area contributed by atoms with Crippen molar-refractivity contribution in [1.29, 1.82) is 5.26 Å². The normalized spacial score (nSPS) is 19.6. The van der Waals surface area contributed by atoms with Gasteiger partial charge in [0.05, 0.1) is 11.7 Å². The summed E-state index contributed by atoms with van der Waals surface area (Å²) >= 11 is 3.33. The third-order valence-corrected chi connectivity index (χ3v) is 3.25. The maximum atomic E-state index is 9.00. The van der Waals surface area contributed by atoms with Crippen molar-refractivity contribution in [2.75, 3.05) is 13.2 Å². The summed E-state index contributed by atoms with van der Waals surface area (Å²) in [4.78, 5) is 0. The van der Waals surface area contributed by atoms with E-state index in [0.717, 1.165) is 23.9 Å². The van der Waals surface area contributed by atoms with E-state index in [1.165, 1.54) is 6.42 Å². The molecule has 1 aliphatic heterocycles. The summed E-state index contributed by atoms with van der Waals surface area (Å²) in [5.41, 5.74) is 0.551. The SMILES string of the molecule is N#Cc1cc(Br)ccc1OCC1CCCCO1. The molecule has 0 amide bonds. The van der Waals surface area contributed by atoms with E-state index in [9.17, 15) is 0 Å². The Balaban J connectivity index is 1.96. The van der Waals surface area contributed by atoms with Crippen LogP contribution in [0.2, 0.25) is 0 Å². The standard InChI is InChI=1S/C13H14BrNO2/c14-11-4-5-13(10(7-11)8-15)17-9-12-3-1-2-6-16-12/h4-5,7,12H,1-3,6,9H2. The number of hydrogen-bond acceptors (Lipinski definition) is 3. The Morgan fingerprint density at radius 3 is 3.06 bits per heavy atom. The van der Waals surface area contributed by atoms with Crippen molar-refractivity contribution in [1.82, 2.24) is 0 Å². The van der Waals surface area contributed by atoms with Crippen molar-refractivity contribution in [2.24, 2.45) is 0 Å². The molecule has 2 rings (SSSR count). The molecule has 0 aromatic heterocycles. The molecular formula is C13H14BrNO2. The number of benzene rings is 1. The minimum Gasteiger partial charge on any atom is -0.489 e. The molecule has 0 aliphatic carbocycles. The van der Waals surface area contributed by atoms with Crippen molar-refractivity contribution >= 4 is 15.9 Å². The Bertz CT molecular complexity index is 422. The van der Waals surface area contributed by atoms with Gasteiger partial charge in [-0.05, 0) is 37.5 Å². The van der Waals surface area contributed by atoms with Gasteiger partial charge in [-0.2, -0.15) is 5.26 Å². The van der Waals surface area contributed by atoms with Gasteiger partial charge in [-0.25, -0.2) is 0 Å². The summed E-state index contributed by atoms with van der Waals surface area (Å²) in [6.45, 7) is 1.34. The molecule has 1 aromatic rings. The molecule has 90 valence electrons. The second-order valence-corrected chi connectivity index (χ2v) is 4.97. The zero-order valence-corrected chi connectivity index (χ0v) is 11.1. The predicted octanol–water partition coefficient (Wildman–Crippen LogP) is 3.27. The fourth-order valence-electron chi connectivity index (χ4n) is 1.84. The van der Waals surface area contributed by atoms with Gasteiger partial charge in [-0.1, -0.05) is 15.9 Å². The minimum atomic E-state index is 0.166. The molecule has 1 aliphatic rings. The Labute approximate surface area is 109 Å². The number of hydrogen-bond donors (Lipinski definition) is 0. The van der Waals surface area contributed by atoms with Gasteiger partial charge in [0.25, 0.3) is 0 Å². The lowest BCUT2D eigenvalue weighted by Crippen LogP contribution is -2.25. The number of nitrogens with zero attached hydrogens (tertiary/aromatic N) is 1. The van der Waals surface area contributed by atoms with Crippen molar-refractivity contribution in [3.63, 3.8) is 0 Å². The summed E-state index contributed by atoms with van der Waals surface area (Å²) in [6, 6.07) is 7.57. The molecule has 17 heavy (non-hydrogen) atoms. The van der Waals surface area contributed by atoms with Crippen molar-refractivity contribution < 1.29 is 9.47 Å². The van der Waals surface area contributed by atoms with E-state index in [1.54, 1.807) is 6.07 Å². The second kappa shape index (κ2) is 6.04. The highest BCUT2D eigenvalue weighted by Crippen LogP contribution is 2.23. The van der Waals surface area contributed by atoms with Gasteiger partial charge < -0.3 is 9.47 Å². The van der Waals surface area contributed by atoms with Gasteiger partial charge >= 0.3 is 0 Å². The molecule has 0 bridgehead atoms. The number of nitriles is 1. The monoisotopic (exact) mass is 295 g/mol. The van der Waals surface area contributed by atoms with E-state index in [2.05, 4.69) is 22.0 Å². The highest BCUT2D eigenvalue weighted by molar-refractivity contribution is 9.10. The predicted molar refractivity (Wildman–Crippen MR) is 67.9 cm³/mol. The van der Waals surface area contributed by atoms with Crippen LogP contribution in [-0.4, -0.2) is 19.3 Å². The third kappa shape index (κ3) is 3.45. The first kappa shape index (κ1) is 12.4. The average Bonchev–Trinajstić information content (AvgIpc) is 2.38. The Morgan fingerprint density at radius 1 is 1.47 bits per heavy atom. The number of ether oxygens (including phenoxy) is 2. The molecule has 1 fully saturated rings. The summed E-state index contributed by atoms with van der Waals surface area (Å²) in [5.74, 6) is 0.630. The number of halogens is 1. The summed E-state index contributed by atoms with van der Waals surface area (Å²) in [7, 11) is 0. The molecule has 3 nitrogen and oxygen atoms in total. The quantitative estimate of drug-likeness (QED) is 0.859. The van der Waals surface area contributed by atoms with Crippen LogP contribution in [-0.2, 0) is 4.74 Å². The third-order valence-electron chi connectivity index (χ3n) is 2.76. The van der Waals surface area contributed by atoms with Crippen molar-refractivity contribution in [3.05, 3.63) is 28.2 Å². The van der Waals surface area contributed by atoms with Crippen LogP contribution < -0.4 is 4.74 Å². The maximum absolute atomic E-state index is 9.00. The van der Waals surface area contributed by atoms with E-state index >= 15 is 0 Å². The zero-order chi connectivity index (χ0) is 12.1. The van der Waals surface area contributed by atoms with Crippen LogP contribution >= 0.6 is 15.9 Å². The molecule has 0 spiro atoms. The lowest BCUT2D eigenvalue weighted by atomic mass is 10.1. The highest BCUT2D eigenvalue weighted by Gasteiger charge is 2.15. The molecular weight excluding hydrogens is 282 g/mol. The molecule has 1 unspecified atom stereocenters. The summed E-state index contributed by atoms with van der Waals surface area (Å²) in [5, 5.41) is 9.00. The van der Waals surface area contributed by atoms with Gasteiger partial charge in [0, 0.05) is 11.1 Å². The van der Waals surface area contributed by atoms with Crippen LogP contribution in [0.15, 0.2) is 22.7 Å². The molecule has 1 saturated heterocycles. The molecule has 1 aromatic carbocycles. The largest absolute Gasteiger partial charge is 0.489 e. The Kier molecular flexibility index (Phi) is 4.41. The average molecular weight is 296 g/mol. The summed E-state index contributed by atoms with van der Waals surface area (Å²) in [6.07, 6.45) is 3.54. The molecule has 1 heterocycles. The molecule has 0 saturated carbocycles. The zero-order valence-electron chi connectivity index (χ0n) is 9.49. The van der Waals surface area contributed by atoms with Crippen LogP contribution in [0.25, 0.3) is 0 Å². The first-order valence-corrected chi connectivity index (χ1v) is 6.53. The van der Waals surface area contributed by atoms with E-state index in [0.29, 0.717) is 17.9 Å². The number of rotatable bonds is 3. The van der Waals surface area contributed by atoms with Gasteiger partial charge in [-0.15, -0.1) is 0 Å². The van der Waals surface area contributed by atoms with E-state index in [4.69, 9.17) is 14.7 Å². The Morgan fingerprint density at radius 2 is 2.35 bits per heavy atom. The van der Waals surface area contributed by atoms with Crippen LogP contribution in [0, 0.1) is 11.3 Å². The van der Waals surface area contributed by atoms with Gasteiger partial charge in [0.1, 0.15) is 18.4 Å². The Hall–Kier alpha value is -1.05. The van der Waals surface area contributed by atoms with Crippen LogP contribution in [0.3, 0.4) is 0 Å². The first-order valence-electron chi connectivity index (χ1n) is 5.73. The van der Waals surface area contributed by atoms with Crippen LogP contribution in [0.1, 0.15) is 24.8 Å². The van der Waals surface area contributed by atoms with Crippen LogP contribution in [0.5, 0.6) is 5.75 Å². The van der Waals surface area contributed by atoms with E-state index in [1.807, 2.05) is 12.1 Å². The van der Waals surface area contributed by atoms with Gasteiger partial charge in [0.15, 0.2) is 0 Å². The molecule has 4 heteroatoms. The van der Waals surface area contributed by atoms with Crippen molar-refractivity contribution in [2.45, 2.75) is 25.4 Å². The van der Waals surface area contributed by atoms with Gasteiger partial charge in [0.2, 0.25) is 0 Å². The molecule has 1 atom stereocenters. The highest BCUT2D eigenvalue weighted by atomic mass is 79.9. The smallest absolute Gasteiger partial charge is 0.137 e. The van der Waals surface area contributed by atoms with E-state index in [-0.39, 0.29) is 6.10 Å². The summed E-state index contributed by atoms with van der Waals surface area (Å²) < 4.78 is 12.1. The fourth-order valence-corrected chi connectivity index (χ4v) is 2.20. The fraction of sp³-hybridized carbons (Fsp3) is 0.462. The maximum Gasteiger partial charge on any atom is 0.137 e. The van der Waals surface area contributed by atoms with E-state index < -0.39 is 0 Å². The first-order chi connectivity index (χ1) is 8.29. The lowest BCUT2D eigenvalue weighted by Gasteiger charge is -2.22. The van der Waals surface area contributed by atoms with Gasteiger partial charge in [-0.3, -0.25) is 0 Å². The van der Waals surface area contributed by atoms with Crippen molar-refractivity contribution in [3.8, 4) is 11.8 Å². The molecule has 0 radical (unpaired) electrons. The van der Waals surface area contributed by atoms with Crippen LogP contribution in [0.4, 0.5) is 0 Å². The second-order valence-electron chi connectivity index (χ2n) is 4.05.